The molecule has 26 heavy (non-hydrogen) atoms. The van der Waals surface area contributed by atoms with E-state index in [1.54, 1.807) is 19.1 Å². The largest absolute Gasteiger partial charge is 0.474 e. The van der Waals surface area contributed by atoms with Crippen LogP contribution in [-0.4, -0.2) is 45.1 Å². The molecule has 0 aromatic carbocycles. The van der Waals surface area contributed by atoms with Gasteiger partial charge in [-0.15, -0.1) is 11.8 Å². The number of ketones is 1. The van der Waals surface area contributed by atoms with E-state index in [4.69, 9.17) is 10.00 Å². The van der Waals surface area contributed by atoms with Gasteiger partial charge in [0.15, 0.2) is 5.78 Å². The average Bonchev–Trinajstić information content (AvgIpc) is 3.07. The molecule has 2 aliphatic rings. The number of pyridine rings is 1. The minimum absolute atomic E-state index is 0.0733. The lowest BCUT2D eigenvalue weighted by atomic mass is 9.93. The highest BCUT2D eigenvalue weighted by molar-refractivity contribution is 8.00. The van der Waals surface area contributed by atoms with Gasteiger partial charge in [-0.3, -0.25) is 4.79 Å². The normalized spacial score (nSPS) is 28.9. The number of carbonyl (C=O) groups excluding carboxylic acids is 1. The summed E-state index contributed by atoms with van der Waals surface area (Å²) in [7, 11) is 0. The highest BCUT2D eigenvalue weighted by Crippen LogP contribution is 2.30. The Morgan fingerprint density at radius 1 is 1.35 bits per heavy atom. The molecular formula is C18H21N5O2S. The van der Waals surface area contributed by atoms with Gasteiger partial charge in [-0.25, -0.2) is 15.4 Å². The van der Waals surface area contributed by atoms with Gasteiger partial charge in [0, 0.05) is 24.1 Å². The monoisotopic (exact) mass is 371 g/mol. The summed E-state index contributed by atoms with van der Waals surface area (Å²) in [6.07, 6.45) is 5.18. The second-order valence-corrected chi connectivity index (χ2v) is 7.68. The summed E-state index contributed by atoms with van der Waals surface area (Å²) in [5.74, 6) is 1.26. The summed E-state index contributed by atoms with van der Waals surface area (Å²) >= 11 is 1.52. The fraction of sp³-hybridized carbons (Fsp3) is 0.556. The zero-order chi connectivity index (χ0) is 18.5. The Morgan fingerprint density at radius 2 is 2.12 bits per heavy atom. The van der Waals surface area contributed by atoms with Crippen molar-refractivity contribution >= 4 is 17.5 Å². The summed E-state index contributed by atoms with van der Waals surface area (Å²) < 4.78 is 5.90. The first-order valence-corrected chi connectivity index (χ1v) is 9.74. The van der Waals surface area contributed by atoms with Crippen molar-refractivity contribution in [3.8, 4) is 18.0 Å². The van der Waals surface area contributed by atoms with E-state index < -0.39 is 0 Å². The minimum atomic E-state index is -0.281. The number of hydrazine groups is 1. The number of rotatable bonds is 5. The van der Waals surface area contributed by atoms with Crippen molar-refractivity contribution < 1.29 is 9.53 Å². The van der Waals surface area contributed by atoms with Gasteiger partial charge < -0.3 is 4.74 Å². The van der Waals surface area contributed by atoms with E-state index in [-0.39, 0.29) is 29.3 Å². The predicted molar refractivity (Wildman–Crippen MR) is 96.9 cm³/mol. The molecule has 1 saturated carbocycles. The number of Topliss-reactive ketones (excluding diaryl/α,β-unsaturated/α-hetero) is 1. The Bertz CT molecular complexity index is 719. The van der Waals surface area contributed by atoms with Crippen LogP contribution in [-0.2, 0) is 4.79 Å². The molecule has 1 aliphatic carbocycles. The van der Waals surface area contributed by atoms with Gasteiger partial charge in [0.25, 0.3) is 0 Å². The van der Waals surface area contributed by atoms with Crippen LogP contribution >= 0.6 is 11.8 Å². The van der Waals surface area contributed by atoms with E-state index in [1.165, 1.54) is 18.0 Å². The molecular weight excluding hydrogens is 350 g/mol. The van der Waals surface area contributed by atoms with E-state index in [1.807, 2.05) is 11.1 Å². The summed E-state index contributed by atoms with van der Waals surface area (Å²) in [4.78, 5) is 16.0. The third-order valence-electron chi connectivity index (χ3n) is 4.66. The molecule has 7 nitrogen and oxygen atoms in total. The Hall–Kier alpha value is -2.13. The number of nitrogens with one attached hydrogen (secondary N) is 1. The van der Waals surface area contributed by atoms with Crippen molar-refractivity contribution in [3.05, 3.63) is 23.9 Å². The molecule has 0 amide bonds. The first-order valence-electron chi connectivity index (χ1n) is 8.69. The predicted octanol–water partition coefficient (Wildman–Crippen LogP) is 2.00. The maximum absolute atomic E-state index is 11.8. The maximum Gasteiger partial charge on any atom is 0.213 e. The van der Waals surface area contributed by atoms with Gasteiger partial charge in [0.05, 0.1) is 11.6 Å². The van der Waals surface area contributed by atoms with Crippen LogP contribution < -0.4 is 10.2 Å². The number of hydrogen-bond acceptors (Lipinski definition) is 8. The molecule has 8 heteroatoms. The van der Waals surface area contributed by atoms with Crippen molar-refractivity contribution in [2.24, 2.45) is 0 Å². The zero-order valence-corrected chi connectivity index (χ0v) is 15.4. The van der Waals surface area contributed by atoms with Crippen LogP contribution in [0.25, 0.3) is 0 Å². The SMILES string of the molecule is CC(=O)[C@H]1SCC(C#N)N1NC1CCC(Oc2ccc(C#N)cn2)CC1. The second-order valence-electron chi connectivity index (χ2n) is 6.57. The van der Waals surface area contributed by atoms with Crippen LogP contribution in [0.15, 0.2) is 18.3 Å². The summed E-state index contributed by atoms with van der Waals surface area (Å²) in [5.41, 5.74) is 3.93. The number of hydrogen-bond donors (Lipinski definition) is 1. The Labute approximate surface area is 157 Å². The smallest absolute Gasteiger partial charge is 0.213 e. The lowest BCUT2D eigenvalue weighted by Gasteiger charge is -2.34. The van der Waals surface area contributed by atoms with Crippen molar-refractivity contribution in [2.75, 3.05) is 5.75 Å². The standard InChI is InChI=1S/C18H21N5O2S/c1-12(24)18-23(15(9-20)11-26-18)22-14-3-5-16(6-4-14)25-17-7-2-13(8-19)10-21-17/h2,7,10,14-16,18,22H,3-6,11H2,1H3/t14?,15?,16?,18-/m1/s1. The van der Waals surface area contributed by atoms with E-state index in [2.05, 4.69) is 16.5 Å². The number of ether oxygens (including phenoxy) is 1. The third kappa shape index (κ3) is 4.34. The molecule has 1 unspecified atom stereocenters. The van der Waals surface area contributed by atoms with Crippen LogP contribution in [0.1, 0.15) is 38.2 Å². The van der Waals surface area contributed by atoms with Crippen LogP contribution in [0.3, 0.4) is 0 Å². The number of aromatic nitrogens is 1. The molecule has 1 aliphatic heterocycles. The fourth-order valence-electron chi connectivity index (χ4n) is 3.28. The van der Waals surface area contributed by atoms with E-state index in [0.29, 0.717) is 17.2 Å². The molecule has 1 aromatic rings. The molecule has 1 aromatic heterocycles. The highest BCUT2D eigenvalue weighted by Gasteiger charge is 2.38. The van der Waals surface area contributed by atoms with Gasteiger partial charge in [0.2, 0.25) is 5.88 Å². The first kappa shape index (κ1) is 18.7. The Balaban J connectivity index is 1.51. The van der Waals surface area contributed by atoms with Gasteiger partial charge in [-0.2, -0.15) is 10.5 Å². The lowest BCUT2D eigenvalue weighted by molar-refractivity contribution is -0.120. The summed E-state index contributed by atoms with van der Waals surface area (Å²) in [6, 6.07) is 7.70. The molecule has 2 atom stereocenters. The topological polar surface area (TPSA) is 102 Å². The quantitative estimate of drug-likeness (QED) is 0.838. The van der Waals surface area contributed by atoms with Crippen molar-refractivity contribution in [1.82, 2.24) is 15.4 Å². The van der Waals surface area contributed by atoms with Crippen LogP contribution in [0.2, 0.25) is 0 Å². The third-order valence-corrected chi connectivity index (χ3v) is 6.04. The van der Waals surface area contributed by atoms with E-state index >= 15 is 0 Å². The van der Waals surface area contributed by atoms with Crippen molar-refractivity contribution in [1.29, 1.82) is 10.5 Å². The molecule has 2 fully saturated rings. The maximum atomic E-state index is 11.8. The first-order chi connectivity index (χ1) is 12.6. The molecule has 0 radical (unpaired) electrons. The Morgan fingerprint density at radius 3 is 2.69 bits per heavy atom. The zero-order valence-electron chi connectivity index (χ0n) is 14.6. The number of nitrogens with zero attached hydrogens (tertiary/aromatic N) is 4. The molecule has 1 N–H and O–H groups in total. The van der Waals surface area contributed by atoms with E-state index in [9.17, 15) is 10.1 Å². The highest BCUT2D eigenvalue weighted by atomic mass is 32.2. The summed E-state index contributed by atoms with van der Waals surface area (Å²) in [6.45, 7) is 1.57. The van der Waals surface area contributed by atoms with Gasteiger partial charge >= 0.3 is 0 Å². The van der Waals surface area contributed by atoms with Gasteiger partial charge in [0.1, 0.15) is 23.6 Å². The fourth-order valence-corrected chi connectivity index (χ4v) is 4.49. The summed E-state index contributed by atoms with van der Waals surface area (Å²) in [5, 5.41) is 19.7. The second kappa shape index (κ2) is 8.50. The minimum Gasteiger partial charge on any atom is -0.474 e. The number of thioether (sulfide) groups is 1. The molecule has 0 bridgehead atoms. The van der Waals surface area contributed by atoms with Gasteiger partial charge in [-0.1, -0.05) is 0 Å². The molecule has 1 saturated heterocycles. The van der Waals surface area contributed by atoms with E-state index in [0.717, 1.165) is 25.7 Å². The number of nitriles is 2. The molecule has 3 rings (SSSR count). The lowest BCUT2D eigenvalue weighted by Crippen LogP contribution is -2.53. The average molecular weight is 371 g/mol. The molecule has 136 valence electrons. The van der Waals surface area contributed by atoms with Crippen LogP contribution in [0.5, 0.6) is 5.88 Å². The Kier molecular flexibility index (Phi) is 6.10. The van der Waals surface area contributed by atoms with Crippen LogP contribution in [0, 0.1) is 22.7 Å². The molecule has 0 spiro atoms. The van der Waals surface area contributed by atoms with Gasteiger partial charge in [-0.05, 0) is 38.7 Å². The number of carbonyl (C=O) groups is 1. The van der Waals surface area contributed by atoms with Crippen molar-refractivity contribution in [2.45, 2.75) is 56.2 Å². The van der Waals surface area contributed by atoms with Crippen LogP contribution in [0.4, 0.5) is 0 Å². The van der Waals surface area contributed by atoms with Crippen molar-refractivity contribution in [3.63, 3.8) is 0 Å². The molecule has 2 heterocycles.